The number of benzene rings is 2. The third kappa shape index (κ3) is 2.87. The molecular formula is C20H17N3O4. The maximum Gasteiger partial charge on any atom is 0.338 e. The van der Waals surface area contributed by atoms with Gasteiger partial charge < -0.3 is 9.30 Å². The molecule has 1 aromatic heterocycles. The van der Waals surface area contributed by atoms with Gasteiger partial charge in [0.05, 0.1) is 41.6 Å². The predicted molar refractivity (Wildman–Crippen MR) is 98.3 cm³/mol. The molecule has 3 aromatic rings. The van der Waals surface area contributed by atoms with Gasteiger partial charge in [0, 0.05) is 0 Å². The molecule has 1 atom stereocenters. The summed E-state index contributed by atoms with van der Waals surface area (Å²) in [5, 5.41) is 0. The summed E-state index contributed by atoms with van der Waals surface area (Å²) in [6.45, 7) is 2.01. The zero-order valence-corrected chi connectivity index (χ0v) is 14.7. The first kappa shape index (κ1) is 17.0. The summed E-state index contributed by atoms with van der Waals surface area (Å²) in [7, 11) is 0. The molecule has 0 aliphatic carbocycles. The van der Waals surface area contributed by atoms with Crippen molar-refractivity contribution in [3.8, 4) is 0 Å². The second-order valence-corrected chi connectivity index (χ2v) is 6.20. The van der Waals surface area contributed by atoms with E-state index in [1.807, 2.05) is 24.3 Å². The summed E-state index contributed by atoms with van der Waals surface area (Å²) in [5.74, 6) is -1.04. The molecule has 1 aliphatic heterocycles. The predicted octanol–water partition coefficient (Wildman–Crippen LogP) is 2.72. The van der Waals surface area contributed by atoms with Gasteiger partial charge in [-0.15, -0.1) is 0 Å². The standard InChI is InChI=1S/C20H17N3O4/c1-2-27-20(26)13-7-9-14(10-8-13)23-18(24)11-17(19(23)25)22-12-21-15-5-3-4-6-16(15)22/h3-10,12,17H,2,11H2,1H3/t17-/m0/s1. The number of fused-ring (bicyclic) bond motifs is 1. The Morgan fingerprint density at radius 1 is 1.15 bits per heavy atom. The smallest absolute Gasteiger partial charge is 0.338 e. The third-order valence-corrected chi connectivity index (χ3v) is 4.58. The summed E-state index contributed by atoms with van der Waals surface area (Å²) in [6, 6.07) is 13.1. The number of aromatic nitrogens is 2. The second-order valence-electron chi connectivity index (χ2n) is 6.20. The van der Waals surface area contributed by atoms with E-state index in [0.717, 1.165) is 15.9 Å². The number of rotatable bonds is 4. The zero-order chi connectivity index (χ0) is 19.0. The highest BCUT2D eigenvalue weighted by Crippen LogP contribution is 2.31. The number of anilines is 1. The molecule has 0 bridgehead atoms. The Balaban J connectivity index is 1.62. The van der Waals surface area contributed by atoms with Gasteiger partial charge in [0.1, 0.15) is 6.04 Å². The van der Waals surface area contributed by atoms with Crippen LogP contribution in [-0.2, 0) is 14.3 Å². The molecule has 2 heterocycles. The van der Waals surface area contributed by atoms with Crippen LogP contribution in [0.1, 0.15) is 29.7 Å². The molecule has 7 nitrogen and oxygen atoms in total. The molecule has 7 heteroatoms. The van der Waals surface area contributed by atoms with Crippen LogP contribution in [0.2, 0.25) is 0 Å². The number of para-hydroxylation sites is 2. The summed E-state index contributed by atoms with van der Waals surface area (Å²) in [5.41, 5.74) is 2.39. The summed E-state index contributed by atoms with van der Waals surface area (Å²) in [6.07, 6.45) is 1.66. The maximum atomic E-state index is 12.9. The van der Waals surface area contributed by atoms with Gasteiger partial charge in [-0.3, -0.25) is 9.59 Å². The Morgan fingerprint density at radius 2 is 1.89 bits per heavy atom. The normalized spacial score (nSPS) is 16.9. The Morgan fingerprint density at radius 3 is 2.63 bits per heavy atom. The second kappa shape index (κ2) is 6.68. The van der Waals surface area contributed by atoms with E-state index in [9.17, 15) is 14.4 Å². The van der Waals surface area contributed by atoms with Crippen molar-refractivity contribution in [2.45, 2.75) is 19.4 Å². The fourth-order valence-corrected chi connectivity index (χ4v) is 3.29. The van der Waals surface area contributed by atoms with Gasteiger partial charge in [0.2, 0.25) is 5.91 Å². The first-order valence-electron chi connectivity index (χ1n) is 8.65. The zero-order valence-electron chi connectivity index (χ0n) is 14.7. The van der Waals surface area contributed by atoms with Crippen molar-refractivity contribution in [2.24, 2.45) is 0 Å². The van der Waals surface area contributed by atoms with Crippen LogP contribution in [0.3, 0.4) is 0 Å². The van der Waals surface area contributed by atoms with Gasteiger partial charge in [-0.1, -0.05) is 12.1 Å². The van der Waals surface area contributed by atoms with Crippen LogP contribution >= 0.6 is 0 Å². The highest BCUT2D eigenvalue weighted by atomic mass is 16.5. The number of amides is 2. The van der Waals surface area contributed by atoms with E-state index in [1.54, 1.807) is 42.1 Å². The maximum absolute atomic E-state index is 12.9. The van der Waals surface area contributed by atoms with Crippen LogP contribution in [-0.4, -0.2) is 33.9 Å². The SMILES string of the molecule is CCOC(=O)c1ccc(N2C(=O)C[C@H](n3cnc4ccccc43)C2=O)cc1. The number of nitrogens with zero attached hydrogens (tertiary/aromatic N) is 3. The minimum absolute atomic E-state index is 0.0683. The van der Waals surface area contributed by atoms with Gasteiger partial charge >= 0.3 is 5.97 Å². The number of ether oxygens (including phenoxy) is 1. The van der Waals surface area contributed by atoms with Gasteiger partial charge in [-0.25, -0.2) is 14.7 Å². The van der Waals surface area contributed by atoms with Crippen LogP contribution in [0.25, 0.3) is 11.0 Å². The molecule has 27 heavy (non-hydrogen) atoms. The van der Waals surface area contributed by atoms with E-state index in [0.29, 0.717) is 11.3 Å². The quantitative estimate of drug-likeness (QED) is 0.526. The number of imidazole rings is 1. The fourth-order valence-electron chi connectivity index (χ4n) is 3.29. The molecule has 2 amide bonds. The monoisotopic (exact) mass is 363 g/mol. The number of hydrogen-bond donors (Lipinski definition) is 0. The topological polar surface area (TPSA) is 81.5 Å². The summed E-state index contributed by atoms with van der Waals surface area (Å²) < 4.78 is 6.68. The van der Waals surface area contributed by atoms with Crippen molar-refractivity contribution < 1.29 is 19.1 Å². The number of carbonyl (C=O) groups is 3. The molecule has 1 aliphatic rings. The van der Waals surface area contributed by atoms with E-state index in [2.05, 4.69) is 4.98 Å². The van der Waals surface area contributed by atoms with Crippen molar-refractivity contribution in [1.29, 1.82) is 0 Å². The minimum Gasteiger partial charge on any atom is -0.462 e. The van der Waals surface area contributed by atoms with Crippen LogP contribution in [0.5, 0.6) is 0 Å². The summed E-state index contributed by atoms with van der Waals surface area (Å²) in [4.78, 5) is 42.7. The number of esters is 1. The summed E-state index contributed by atoms with van der Waals surface area (Å²) >= 11 is 0. The first-order valence-corrected chi connectivity index (χ1v) is 8.65. The van der Waals surface area contributed by atoms with Crippen LogP contribution < -0.4 is 4.90 Å². The largest absolute Gasteiger partial charge is 0.462 e. The Labute approximate surface area is 155 Å². The molecule has 4 rings (SSSR count). The molecule has 2 aromatic carbocycles. The molecular weight excluding hydrogens is 346 g/mol. The Bertz CT molecular complexity index is 1040. The van der Waals surface area contributed by atoms with E-state index in [-0.39, 0.29) is 24.8 Å². The van der Waals surface area contributed by atoms with Crippen molar-refractivity contribution in [1.82, 2.24) is 9.55 Å². The third-order valence-electron chi connectivity index (χ3n) is 4.58. The molecule has 1 fully saturated rings. The van der Waals surface area contributed by atoms with Crippen molar-refractivity contribution >= 4 is 34.5 Å². The molecule has 0 N–H and O–H groups in total. The molecule has 0 saturated carbocycles. The fraction of sp³-hybridized carbons (Fsp3) is 0.200. The number of hydrogen-bond acceptors (Lipinski definition) is 5. The molecule has 0 unspecified atom stereocenters. The lowest BCUT2D eigenvalue weighted by Gasteiger charge is -2.16. The molecule has 136 valence electrons. The molecule has 0 radical (unpaired) electrons. The van der Waals surface area contributed by atoms with Crippen molar-refractivity contribution in [2.75, 3.05) is 11.5 Å². The van der Waals surface area contributed by atoms with Gasteiger partial charge in [0.25, 0.3) is 5.91 Å². The Kier molecular flexibility index (Phi) is 4.19. The van der Waals surface area contributed by atoms with E-state index in [1.165, 1.54) is 0 Å². The van der Waals surface area contributed by atoms with Crippen LogP contribution in [0.15, 0.2) is 54.9 Å². The lowest BCUT2D eigenvalue weighted by atomic mass is 10.2. The van der Waals surface area contributed by atoms with Gasteiger partial charge in [0.15, 0.2) is 0 Å². The average Bonchev–Trinajstić information content (AvgIpc) is 3.22. The van der Waals surface area contributed by atoms with Crippen molar-refractivity contribution in [3.63, 3.8) is 0 Å². The van der Waals surface area contributed by atoms with Gasteiger partial charge in [-0.05, 0) is 43.3 Å². The average molecular weight is 363 g/mol. The van der Waals surface area contributed by atoms with E-state index < -0.39 is 12.0 Å². The van der Waals surface area contributed by atoms with Crippen molar-refractivity contribution in [3.05, 3.63) is 60.4 Å². The number of imide groups is 1. The number of carbonyl (C=O) groups excluding carboxylic acids is 3. The van der Waals surface area contributed by atoms with Crippen LogP contribution in [0.4, 0.5) is 5.69 Å². The highest BCUT2D eigenvalue weighted by Gasteiger charge is 2.41. The lowest BCUT2D eigenvalue weighted by molar-refractivity contribution is -0.122. The van der Waals surface area contributed by atoms with E-state index in [4.69, 9.17) is 4.74 Å². The van der Waals surface area contributed by atoms with Gasteiger partial charge in [-0.2, -0.15) is 0 Å². The highest BCUT2D eigenvalue weighted by molar-refractivity contribution is 6.22. The van der Waals surface area contributed by atoms with Crippen LogP contribution in [0, 0.1) is 0 Å². The van der Waals surface area contributed by atoms with E-state index >= 15 is 0 Å². The first-order chi connectivity index (χ1) is 13.1. The Hall–Kier alpha value is -3.48. The minimum atomic E-state index is -0.630. The lowest BCUT2D eigenvalue weighted by Crippen LogP contribution is -2.31. The molecule has 1 saturated heterocycles. The molecule has 0 spiro atoms.